The van der Waals surface area contributed by atoms with Crippen molar-refractivity contribution in [1.29, 1.82) is 0 Å². The van der Waals surface area contributed by atoms with Crippen molar-refractivity contribution < 1.29 is 27.5 Å². The van der Waals surface area contributed by atoms with Gasteiger partial charge in [-0.2, -0.15) is 4.31 Å². The summed E-state index contributed by atoms with van der Waals surface area (Å²) in [6.07, 6.45) is 1.62. The van der Waals surface area contributed by atoms with Gasteiger partial charge in [0.15, 0.2) is 0 Å². The fourth-order valence-electron chi connectivity index (χ4n) is 3.27. The zero-order chi connectivity index (χ0) is 22.6. The Morgan fingerprint density at radius 3 is 2.45 bits per heavy atom. The molecule has 1 amide bonds. The SMILES string of the molecule is CCOC(=O)c1cc(NC(=O)c2cc(S(=O)(=O)N3CCCC3)ccc2OC)ccc1Cl. The van der Waals surface area contributed by atoms with E-state index in [0.717, 1.165) is 12.8 Å². The second-order valence-electron chi connectivity index (χ2n) is 6.84. The number of anilines is 1. The lowest BCUT2D eigenvalue weighted by Crippen LogP contribution is -2.28. The fourth-order valence-corrected chi connectivity index (χ4v) is 5.01. The molecule has 0 spiro atoms. The van der Waals surface area contributed by atoms with Crippen LogP contribution >= 0.6 is 11.6 Å². The number of hydrogen-bond acceptors (Lipinski definition) is 6. The number of ether oxygens (including phenoxy) is 2. The Kier molecular flexibility index (Phi) is 7.19. The van der Waals surface area contributed by atoms with Crippen LogP contribution < -0.4 is 10.1 Å². The van der Waals surface area contributed by atoms with E-state index in [4.69, 9.17) is 21.1 Å². The van der Waals surface area contributed by atoms with Crippen molar-refractivity contribution in [3.8, 4) is 5.75 Å². The Balaban J connectivity index is 1.91. The van der Waals surface area contributed by atoms with Crippen molar-refractivity contribution in [2.45, 2.75) is 24.7 Å². The predicted octanol–water partition coefficient (Wildman–Crippen LogP) is 3.56. The molecule has 1 fully saturated rings. The Bertz CT molecular complexity index is 1100. The maximum Gasteiger partial charge on any atom is 0.339 e. The van der Waals surface area contributed by atoms with Crippen molar-refractivity contribution in [3.63, 3.8) is 0 Å². The number of esters is 1. The number of rotatable bonds is 7. The van der Waals surface area contributed by atoms with Crippen molar-refractivity contribution in [2.75, 3.05) is 32.1 Å². The summed E-state index contributed by atoms with van der Waals surface area (Å²) in [5.74, 6) is -0.982. The molecule has 0 radical (unpaired) electrons. The smallest absolute Gasteiger partial charge is 0.339 e. The normalized spacial score (nSPS) is 14.3. The Morgan fingerprint density at radius 1 is 1.10 bits per heavy atom. The molecule has 1 N–H and O–H groups in total. The van der Waals surface area contributed by atoms with Gasteiger partial charge in [0.1, 0.15) is 5.75 Å². The predicted molar refractivity (Wildman–Crippen MR) is 116 cm³/mol. The summed E-state index contributed by atoms with van der Waals surface area (Å²) in [4.78, 5) is 25.0. The van der Waals surface area contributed by atoms with E-state index in [0.29, 0.717) is 18.8 Å². The van der Waals surface area contributed by atoms with Gasteiger partial charge in [-0.05, 0) is 56.2 Å². The number of nitrogens with one attached hydrogen (secondary N) is 1. The topological polar surface area (TPSA) is 102 Å². The van der Waals surface area contributed by atoms with Crippen LogP contribution in [0.5, 0.6) is 5.75 Å². The third kappa shape index (κ3) is 5.00. The number of nitrogens with zero attached hydrogens (tertiary/aromatic N) is 1. The number of hydrogen-bond donors (Lipinski definition) is 1. The van der Waals surface area contributed by atoms with E-state index in [-0.39, 0.29) is 33.4 Å². The van der Waals surface area contributed by atoms with Gasteiger partial charge in [-0.1, -0.05) is 11.6 Å². The van der Waals surface area contributed by atoms with Gasteiger partial charge < -0.3 is 14.8 Å². The van der Waals surface area contributed by atoms with Gasteiger partial charge in [0.2, 0.25) is 10.0 Å². The van der Waals surface area contributed by atoms with E-state index < -0.39 is 21.9 Å². The van der Waals surface area contributed by atoms with Crippen molar-refractivity contribution >= 4 is 39.2 Å². The van der Waals surface area contributed by atoms with Crippen LogP contribution in [0.2, 0.25) is 5.02 Å². The number of amides is 1. The molecule has 10 heteroatoms. The summed E-state index contributed by atoms with van der Waals surface area (Å²) in [6, 6.07) is 8.56. The van der Waals surface area contributed by atoms with E-state index in [1.165, 1.54) is 47.8 Å². The highest BCUT2D eigenvalue weighted by Gasteiger charge is 2.28. The quantitative estimate of drug-likeness (QED) is 0.626. The molecule has 31 heavy (non-hydrogen) atoms. The third-order valence-corrected chi connectivity index (χ3v) is 7.06. The second-order valence-corrected chi connectivity index (χ2v) is 9.19. The number of halogens is 1. The van der Waals surface area contributed by atoms with E-state index in [9.17, 15) is 18.0 Å². The lowest BCUT2D eigenvalue weighted by molar-refractivity contribution is 0.0526. The van der Waals surface area contributed by atoms with Crippen LogP contribution in [0.1, 0.15) is 40.5 Å². The molecule has 0 atom stereocenters. The lowest BCUT2D eigenvalue weighted by Gasteiger charge is -2.17. The molecule has 1 aliphatic rings. The van der Waals surface area contributed by atoms with Gasteiger partial charge in [0.05, 0.1) is 34.8 Å². The zero-order valence-electron chi connectivity index (χ0n) is 17.2. The summed E-state index contributed by atoms with van der Waals surface area (Å²) < 4.78 is 37.4. The largest absolute Gasteiger partial charge is 0.496 e. The molecule has 1 saturated heterocycles. The molecule has 8 nitrogen and oxygen atoms in total. The minimum absolute atomic E-state index is 0.0173. The maximum atomic E-state index is 12.9. The molecule has 2 aromatic rings. The standard InChI is InChI=1S/C21H23ClN2O6S/c1-3-30-21(26)16-12-14(6-8-18(16)22)23-20(25)17-13-15(7-9-19(17)29-2)31(27,28)24-10-4-5-11-24/h6-9,12-13H,3-5,10-11H2,1-2H3,(H,23,25). The molecule has 1 aliphatic heterocycles. The summed E-state index contributed by atoms with van der Waals surface area (Å²) in [7, 11) is -2.31. The van der Waals surface area contributed by atoms with Crippen molar-refractivity contribution in [1.82, 2.24) is 4.31 Å². The molecule has 166 valence electrons. The summed E-state index contributed by atoms with van der Waals surface area (Å²) >= 11 is 6.06. The van der Waals surface area contributed by atoms with Gasteiger partial charge in [-0.15, -0.1) is 0 Å². The number of sulfonamides is 1. The average molecular weight is 467 g/mol. The number of benzene rings is 2. The fraction of sp³-hybridized carbons (Fsp3) is 0.333. The monoisotopic (exact) mass is 466 g/mol. The second kappa shape index (κ2) is 9.67. The summed E-state index contributed by atoms with van der Waals surface area (Å²) in [6.45, 7) is 2.77. The highest BCUT2D eigenvalue weighted by atomic mass is 35.5. The van der Waals surface area contributed by atoms with Gasteiger partial charge in [-0.3, -0.25) is 4.79 Å². The Morgan fingerprint density at radius 2 is 1.81 bits per heavy atom. The van der Waals surface area contributed by atoms with E-state index >= 15 is 0 Å². The first-order chi connectivity index (χ1) is 14.8. The van der Waals surface area contributed by atoms with Crippen LogP contribution in [0, 0.1) is 0 Å². The Labute approximate surface area is 186 Å². The zero-order valence-corrected chi connectivity index (χ0v) is 18.8. The van der Waals surface area contributed by atoms with Crippen LogP contribution in [0.4, 0.5) is 5.69 Å². The van der Waals surface area contributed by atoms with Crippen LogP contribution in [0.3, 0.4) is 0 Å². The van der Waals surface area contributed by atoms with Crippen molar-refractivity contribution in [3.05, 3.63) is 52.5 Å². The first kappa shape index (κ1) is 23.1. The highest BCUT2D eigenvalue weighted by molar-refractivity contribution is 7.89. The van der Waals surface area contributed by atoms with E-state index in [2.05, 4.69) is 5.32 Å². The average Bonchev–Trinajstić information content (AvgIpc) is 3.30. The first-order valence-corrected chi connectivity index (χ1v) is 11.6. The molecule has 0 saturated carbocycles. The molecule has 0 bridgehead atoms. The number of methoxy groups -OCH3 is 1. The van der Waals surface area contributed by atoms with Crippen LogP contribution in [-0.4, -0.2) is 51.4 Å². The maximum absolute atomic E-state index is 12.9. The minimum atomic E-state index is -3.70. The lowest BCUT2D eigenvalue weighted by atomic mass is 10.1. The van der Waals surface area contributed by atoms with Crippen LogP contribution in [0.15, 0.2) is 41.3 Å². The molecule has 0 unspecified atom stereocenters. The molecule has 0 aliphatic carbocycles. The van der Waals surface area contributed by atoms with Gasteiger partial charge in [-0.25, -0.2) is 13.2 Å². The summed E-state index contributed by atoms with van der Waals surface area (Å²) in [5, 5.41) is 2.84. The highest BCUT2D eigenvalue weighted by Crippen LogP contribution is 2.28. The van der Waals surface area contributed by atoms with E-state index in [1.54, 1.807) is 6.92 Å². The Hall–Kier alpha value is -2.62. The molecular weight excluding hydrogens is 444 g/mol. The van der Waals surface area contributed by atoms with Crippen LogP contribution in [-0.2, 0) is 14.8 Å². The van der Waals surface area contributed by atoms with Gasteiger partial charge in [0.25, 0.3) is 5.91 Å². The minimum Gasteiger partial charge on any atom is -0.496 e. The third-order valence-electron chi connectivity index (χ3n) is 4.84. The first-order valence-electron chi connectivity index (χ1n) is 9.74. The van der Waals surface area contributed by atoms with Gasteiger partial charge >= 0.3 is 5.97 Å². The molecular formula is C21H23ClN2O6S. The molecule has 2 aromatic carbocycles. The van der Waals surface area contributed by atoms with Crippen LogP contribution in [0.25, 0.3) is 0 Å². The number of carbonyl (C=O) groups is 2. The molecule has 0 aromatic heterocycles. The molecule has 1 heterocycles. The van der Waals surface area contributed by atoms with Gasteiger partial charge in [0, 0.05) is 18.8 Å². The van der Waals surface area contributed by atoms with Crippen molar-refractivity contribution in [2.24, 2.45) is 0 Å². The molecule has 3 rings (SSSR count). The summed E-state index contributed by atoms with van der Waals surface area (Å²) in [5.41, 5.74) is 0.460. The van der Waals surface area contributed by atoms with E-state index in [1.807, 2.05) is 0 Å². The number of carbonyl (C=O) groups excluding carboxylic acids is 2.